The summed E-state index contributed by atoms with van der Waals surface area (Å²) >= 11 is 0. The van der Waals surface area contributed by atoms with E-state index in [1.807, 2.05) is 24.3 Å². The second-order valence-electron chi connectivity index (χ2n) is 23.1. The lowest BCUT2D eigenvalue weighted by Gasteiger charge is -2.19. The second kappa shape index (κ2) is 43.8. The Kier molecular flexibility index (Phi) is 35.8. The van der Waals surface area contributed by atoms with E-state index in [1.165, 1.54) is 193 Å². The van der Waals surface area contributed by atoms with Gasteiger partial charge in [0, 0.05) is 0 Å². The van der Waals surface area contributed by atoms with Crippen molar-refractivity contribution >= 4 is 17.9 Å². The van der Waals surface area contributed by atoms with Crippen molar-refractivity contribution < 1.29 is 42.8 Å². The van der Waals surface area contributed by atoms with Crippen molar-refractivity contribution in [1.29, 1.82) is 0 Å². The topological polar surface area (TPSA) is 107 Å². The molecule has 0 unspecified atom stereocenters. The average molecular weight is 1140 g/mol. The second-order valence-corrected chi connectivity index (χ2v) is 23.1. The van der Waals surface area contributed by atoms with Crippen LogP contribution in [0.4, 0.5) is 0 Å². The van der Waals surface area contributed by atoms with Crippen LogP contribution in [0.5, 0.6) is 34.5 Å². The van der Waals surface area contributed by atoms with Crippen LogP contribution >= 0.6 is 0 Å². The van der Waals surface area contributed by atoms with Gasteiger partial charge in [0.1, 0.15) is 17.2 Å². The molecule has 0 N–H and O–H groups in total. The van der Waals surface area contributed by atoms with Crippen LogP contribution in [0.1, 0.15) is 273 Å². The molecular formula is C74H106O9. The van der Waals surface area contributed by atoms with E-state index in [2.05, 4.69) is 20.8 Å². The van der Waals surface area contributed by atoms with Crippen LogP contribution < -0.4 is 28.4 Å². The zero-order chi connectivity index (χ0) is 58.6. The van der Waals surface area contributed by atoms with Gasteiger partial charge >= 0.3 is 17.9 Å². The van der Waals surface area contributed by atoms with Gasteiger partial charge in [-0.05, 0) is 91.1 Å². The molecule has 0 atom stereocenters. The number of unbranched alkanes of at least 4 members (excludes halogenated alkanes) is 33. The van der Waals surface area contributed by atoms with E-state index in [0.717, 1.165) is 49.7 Å². The smallest absolute Gasteiger partial charge is 0.343 e. The van der Waals surface area contributed by atoms with Crippen molar-refractivity contribution in [1.82, 2.24) is 0 Å². The zero-order valence-electron chi connectivity index (χ0n) is 51.7. The number of hydrogen-bond acceptors (Lipinski definition) is 9. The summed E-state index contributed by atoms with van der Waals surface area (Å²) in [6, 6.07) is 24.4. The van der Waals surface area contributed by atoms with Crippen LogP contribution in [0.2, 0.25) is 0 Å². The van der Waals surface area contributed by atoms with Gasteiger partial charge in [-0.25, -0.2) is 9.59 Å². The molecule has 0 saturated heterocycles. The van der Waals surface area contributed by atoms with Crippen LogP contribution in [0, 0.1) is 5.92 Å². The van der Waals surface area contributed by atoms with Crippen molar-refractivity contribution in [2.45, 2.75) is 252 Å². The minimum atomic E-state index is -0.531. The van der Waals surface area contributed by atoms with Crippen LogP contribution in [0.3, 0.4) is 0 Å². The molecule has 0 amide bonds. The van der Waals surface area contributed by atoms with Crippen molar-refractivity contribution in [2.24, 2.45) is 5.92 Å². The molecular weight excluding hydrogens is 1030 g/mol. The minimum Gasteiger partial charge on any atom is -0.490 e. The first kappa shape index (κ1) is 68.0. The highest BCUT2D eigenvalue weighted by Crippen LogP contribution is 2.40. The molecule has 83 heavy (non-hydrogen) atoms. The summed E-state index contributed by atoms with van der Waals surface area (Å²) in [5.41, 5.74) is 2.46. The molecule has 9 nitrogen and oxygen atoms in total. The average Bonchev–Trinajstić information content (AvgIpc) is 4.21. The van der Waals surface area contributed by atoms with Gasteiger partial charge in [-0.1, -0.05) is 281 Å². The molecule has 0 saturated carbocycles. The van der Waals surface area contributed by atoms with Crippen LogP contribution in [-0.4, -0.2) is 37.7 Å². The molecule has 9 heteroatoms. The van der Waals surface area contributed by atoms with Gasteiger partial charge in [-0.3, -0.25) is 4.79 Å². The number of carbonyl (C=O) groups excluding carboxylic acids is 3. The monoisotopic (exact) mass is 1140 g/mol. The quantitative estimate of drug-likeness (QED) is 0.0243. The van der Waals surface area contributed by atoms with E-state index < -0.39 is 17.9 Å². The van der Waals surface area contributed by atoms with Gasteiger partial charge < -0.3 is 28.4 Å². The third-order valence-electron chi connectivity index (χ3n) is 15.8. The summed E-state index contributed by atoms with van der Waals surface area (Å²) in [7, 11) is 0. The number of benzene rings is 4. The maximum atomic E-state index is 14.1. The molecule has 1 aliphatic rings. The minimum absolute atomic E-state index is 0.325. The first-order valence-electron chi connectivity index (χ1n) is 33.3. The molecule has 0 spiro atoms. The summed E-state index contributed by atoms with van der Waals surface area (Å²) in [4.78, 5) is 39.5. The predicted octanol–water partition coefficient (Wildman–Crippen LogP) is 21.7. The van der Waals surface area contributed by atoms with Crippen molar-refractivity contribution in [3.63, 3.8) is 0 Å². The molecule has 0 fully saturated rings. The summed E-state index contributed by atoms with van der Waals surface area (Å²) in [6.07, 6.45) is 52.8. The number of ether oxygens (including phenoxy) is 6. The fraction of sp³-hybridized carbons (Fsp3) is 0.581. The standard InChI is InChI=1S/C74H106O9/c1-4-7-10-13-16-19-22-25-28-31-34-39-56-78-69-59-65(60-70(79-57-40-35-32-29-26-23-20-17-14-11-8-5-2)71(69)80-58-41-36-33-30-27-24-21-18-15-12-9-6-3)74(77)83-67-52-46-62(47-53-67)61-44-50-66(51-45-61)82-73(76)64-48-54-68(55-49-64)81-72(75)63-42-37-38-43-63/h37-38,42-55,59-60,63H,4-36,39-41,56-58H2,1-3H3. The molecule has 456 valence electrons. The Morgan fingerprint density at radius 1 is 0.325 bits per heavy atom. The first-order valence-corrected chi connectivity index (χ1v) is 33.3. The molecule has 0 aliphatic heterocycles. The molecule has 0 heterocycles. The third kappa shape index (κ3) is 29.0. The Hall–Kier alpha value is -5.83. The summed E-state index contributed by atoms with van der Waals surface area (Å²) in [5.74, 6) is 0.952. The van der Waals surface area contributed by atoms with Crippen LogP contribution in [-0.2, 0) is 4.79 Å². The highest BCUT2D eigenvalue weighted by molar-refractivity contribution is 5.93. The van der Waals surface area contributed by atoms with Crippen molar-refractivity contribution in [2.75, 3.05) is 19.8 Å². The van der Waals surface area contributed by atoms with E-state index >= 15 is 0 Å². The summed E-state index contributed by atoms with van der Waals surface area (Å²) < 4.78 is 36.9. The van der Waals surface area contributed by atoms with Gasteiger partial charge in [-0.15, -0.1) is 0 Å². The maximum absolute atomic E-state index is 14.1. The van der Waals surface area contributed by atoms with Gasteiger partial charge in [0.2, 0.25) is 5.75 Å². The predicted molar refractivity (Wildman–Crippen MR) is 342 cm³/mol. The maximum Gasteiger partial charge on any atom is 0.343 e. The fourth-order valence-electron chi connectivity index (χ4n) is 10.6. The van der Waals surface area contributed by atoms with Gasteiger partial charge in [-0.2, -0.15) is 0 Å². The van der Waals surface area contributed by atoms with E-state index in [9.17, 15) is 14.4 Å². The highest BCUT2D eigenvalue weighted by Gasteiger charge is 2.22. The highest BCUT2D eigenvalue weighted by atomic mass is 16.6. The largest absolute Gasteiger partial charge is 0.490 e. The number of carbonyl (C=O) groups is 3. The number of allylic oxidation sites excluding steroid dienone is 2. The van der Waals surface area contributed by atoms with Gasteiger partial charge in [0.15, 0.2) is 11.5 Å². The third-order valence-corrected chi connectivity index (χ3v) is 15.8. The molecule has 5 rings (SSSR count). The Bertz CT molecular complexity index is 2340. The SMILES string of the molecule is CCCCCCCCCCCCCCOc1cc(C(=O)Oc2ccc(-c3ccc(OC(=O)c4ccc(OC(=O)C5C=CC=C5)cc4)cc3)cc2)cc(OCCCCCCCCCCCCCC)c1OCCCCCCCCCCCCCC. The fourth-order valence-corrected chi connectivity index (χ4v) is 10.6. The Labute approximate surface area is 502 Å². The van der Waals surface area contributed by atoms with E-state index in [1.54, 1.807) is 85.0 Å². The lowest BCUT2D eigenvalue weighted by Crippen LogP contribution is -2.16. The van der Waals surface area contributed by atoms with E-state index in [4.69, 9.17) is 28.4 Å². The van der Waals surface area contributed by atoms with E-state index in [0.29, 0.717) is 65.4 Å². The molecule has 0 aromatic heterocycles. The molecule has 4 aromatic rings. The van der Waals surface area contributed by atoms with Crippen LogP contribution in [0.15, 0.2) is 109 Å². The number of rotatable bonds is 49. The molecule has 4 aromatic carbocycles. The number of esters is 3. The zero-order valence-corrected chi connectivity index (χ0v) is 51.7. The Balaban J connectivity index is 1.19. The van der Waals surface area contributed by atoms with Gasteiger partial charge in [0.25, 0.3) is 0 Å². The Morgan fingerprint density at radius 2 is 0.614 bits per heavy atom. The van der Waals surface area contributed by atoms with Crippen molar-refractivity contribution in [3.05, 3.63) is 120 Å². The summed E-state index contributed by atoms with van der Waals surface area (Å²) in [6.45, 7) is 8.44. The lowest BCUT2D eigenvalue weighted by atomic mass is 10.1. The lowest BCUT2D eigenvalue weighted by molar-refractivity contribution is -0.135. The van der Waals surface area contributed by atoms with E-state index in [-0.39, 0.29) is 5.97 Å². The number of hydrogen-bond donors (Lipinski definition) is 0. The van der Waals surface area contributed by atoms with Gasteiger partial charge in [0.05, 0.1) is 36.9 Å². The van der Waals surface area contributed by atoms with Crippen LogP contribution in [0.25, 0.3) is 11.1 Å². The molecule has 0 bridgehead atoms. The Morgan fingerprint density at radius 3 is 0.964 bits per heavy atom. The van der Waals surface area contributed by atoms with Crippen molar-refractivity contribution in [3.8, 4) is 45.6 Å². The first-order chi connectivity index (χ1) is 40.9. The molecule has 0 radical (unpaired) electrons. The normalized spacial score (nSPS) is 12.0. The summed E-state index contributed by atoms with van der Waals surface area (Å²) in [5, 5.41) is 0. The molecule has 1 aliphatic carbocycles.